The van der Waals surface area contributed by atoms with Crippen molar-refractivity contribution in [1.82, 2.24) is 10.3 Å². The molecule has 1 aliphatic rings. The molecule has 1 heterocycles. The molecule has 0 atom stereocenters. The summed E-state index contributed by atoms with van der Waals surface area (Å²) in [4.78, 5) is 29.1. The molecule has 0 fully saturated rings. The van der Waals surface area contributed by atoms with Crippen molar-refractivity contribution in [1.29, 1.82) is 0 Å². The Labute approximate surface area is 191 Å². The van der Waals surface area contributed by atoms with Gasteiger partial charge in [-0.2, -0.15) is 0 Å². The van der Waals surface area contributed by atoms with Gasteiger partial charge in [0.25, 0.3) is 0 Å². The summed E-state index contributed by atoms with van der Waals surface area (Å²) in [6.07, 6.45) is 4.72. The molecule has 7 heteroatoms. The molecule has 4 rings (SSSR count). The second kappa shape index (κ2) is 9.12. The van der Waals surface area contributed by atoms with E-state index in [2.05, 4.69) is 27.8 Å². The molecule has 0 bridgehead atoms. The highest BCUT2D eigenvalue weighted by Crippen LogP contribution is 2.30. The number of urea groups is 1. The normalized spacial score (nSPS) is 13.6. The van der Waals surface area contributed by atoms with Gasteiger partial charge in [-0.15, -0.1) is 11.3 Å². The maximum Gasteiger partial charge on any atom is 0.319 e. The predicted molar refractivity (Wildman–Crippen MR) is 127 cm³/mol. The van der Waals surface area contributed by atoms with Gasteiger partial charge in [-0.05, 0) is 61.9 Å². The van der Waals surface area contributed by atoms with Crippen LogP contribution >= 0.6 is 11.3 Å². The Morgan fingerprint density at radius 3 is 2.38 bits per heavy atom. The Kier molecular flexibility index (Phi) is 6.28. The van der Waals surface area contributed by atoms with Crippen molar-refractivity contribution in [2.75, 3.05) is 5.32 Å². The number of thiazole rings is 1. The minimum absolute atomic E-state index is 0.119. The third-order valence-corrected chi connectivity index (χ3v) is 7.02. The lowest BCUT2D eigenvalue weighted by Gasteiger charge is -2.17. The third-order valence-electron chi connectivity index (χ3n) is 5.91. The van der Waals surface area contributed by atoms with Crippen molar-refractivity contribution in [3.63, 3.8) is 0 Å². The van der Waals surface area contributed by atoms with Crippen LogP contribution in [0.3, 0.4) is 0 Å². The molecular formula is C25H27N3O3S. The van der Waals surface area contributed by atoms with Gasteiger partial charge in [0.05, 0.1) is 15.3 Å². The molecule has 6 nitrogen and oxygen atoms in total. The first-order chi connectivity index (χ1) is 15.3. The molecule has 32 heavy (non-hydrogen) atoms. The van der Waals surface area contributed by atoms with Gasteiger partial charge in [0.2, 0.25) is 0 Å². The van der Waals surface area contributed by atoms with E-state index >= 15 is 0 Å². The topological polar surface area (TPSA) is 91.3 Å². The number of benzene rings is 2. The monoisotopic (exact) mass is 449 g/mol. The molecule has 1 aromatic heterocycles. The zero-order valence-corrected chi connectivity index (χ0v) is 19.0. The van der Waals surface area contributed by atoms with Gasteiger partial charge < -0.3 is 15.7 Å². The molecule has 2 aromatic carbocycles. The first-order valence-corrected chi connectivity index (χ1v) is 11.5. The molecule has 0 unspecified atom stereocenters. The van der Waals surface area contributed by atoms with Crippen LogP contribution in [-0.4, -0.2) is 28.1 Å². The van der Waals surface area contributed by atoms with Crippen LogP contribution < -0.4 is 10.6 Å². The van der Waals surface area contributed by atoms with Gasteiger partial charge in [0.1, 0.15) is 0 Å². The number of hydrogen-bond donors (Lipinski definition) is 3. The molecule has 0 saturated heterocycles. The maximum absolute atomic E-state index is 12.4. The summed E-state index contributed by atoms with van der Waals surface area (Å²) in [5.74, 6) is -0.793. The minimum Gasteiger partial charge on any atom is -0.481 e. The Bertz CT molecular complexity index is 1100. The molecule has 2 amide bonds. The summed E-state index contributed by atoms with van der Waals surface area (Å²) >= 11 is 1.57. The summed E-state index contributed by atoms with van der Waals surface area (Å²) in [5.41, 5.74) is 3.59. The Balaban J connectivity index is 1.30. The number of rotatable bonds is 7. The van der Waals surface area contributed by atoms with E-state index in [9.17, 15) is 14.7 Å². The van der Waals surface area contributed by atoms with E-state index in [4.69, 9.17) is 0 Å². The van der Waals surface area contributed by atoms with Crippen molar-refractivity contribution in [3.8, 4) is 10.4 Å². The summed E-state index contributed by atoms with van der Waals surface area (Å²) < 4.78 is 0. The minimum atomic E-state index is -0.793. The summed E-state index contributed by atoms with van der Waals surface area (Å²) in [6, 6.07) is 15.9. The zero-order chi connectivity index (χ0) is 22.7. The number of amides is 2. The number of aromatic nitrogens is 1. The summed E-state index contributed by atoms with van der Waals surface area (Å²) in [7, 11) is 0. The molecule has 0 radical (unpaired) electrons. The first-order valence-electron chi connectivity index (χ1n) is 10.7. The first kappa shape index (κ1) is 22.0. The SMILES string of the molecule is CC(C)(CCc1ncc(-c2ccc(NC(=O)NC3Cc4ccccc4C3)cc2)s1)C(=O)O. The highest BCUT2D eigenvalue weighted by atomic mass is 32.1. The van der Waals surface area contributed by atoms with Gasteiger partial charge in [-0.3, -0.25) is 4.79 Å². The van der Waals surface area contributed by atoms with E-state index in [1.807, 2.05) is 42.6 Å². The van der Waals surface area contributed by atoms with Crippen molar-refractivity contribution in [2.45, 2.75) is 45.6 Å². The number of nitrogens with zero attached hydrogens (tertiary/aromatic N) is 1. The van der Waals surface area contributed by atoms with Crippen LogP contribution in [0.2, 0.25) is 0 Å². The maximum atomic E-state index is 12.4. The predicted octanol–water partition coefficient (Wildman–Crippen LogP) is 5.14. The average molecular weight is 450 g/mol. The Morgan fingerprint density at radius 1 is 1.09 bits per heavy atom. The fourth-order valence-corrected chi connectivity index (χ4v) is 4.74. The van der Waals surface area contributed by atoms with E-state index in [0.717, 1.165) is 34.0 Å². The molecule has 1 aliphatic carbocycles. The number of carboxylic acids is 1. The van der Waals surface area contributed by atoms with Crippen molar-refractivity contribution < 1.29 is 14.7 Å². The lowest BCUT2D eigenvalue weighted by atomic mass is 9.88. The van der Waals surface area contributed by atoms with E-state index in [1.54, 1.807) is 25.2 Å². The number of nitrogens with one attached hydrogen (secondary N) is 2. The Morgan fingerprint density at radius 2 is 1.75 bits per heavy atom. The summed E-state index contributed by atoms with van der Waals surface area (Å²) in [6.45, 7) is 3.47. The number of fused-ring (bicyclic) bond motifs is 1. The van der Waals surface area contributed by atoms with E-state index < -0.39 is 11.4 Å². The number of aliphatic carboxylic acids is 1. The van der Waals surface area contributed by atoms with Crippen LogP contribution in [0.5, 0.6) is 0 Å². The van der Waals surface area contributed by atoms with E-state index in [1.165, 1.54) is 11.1 Å². The molecule has 3 aromatic rings. The Hall–Kier alpha value is -3.19. The highest BCUT2D eigenvalue weighted by Gasteiger charge is 2.27. The largest absolute Gasteiger partial charge is 0.481 e. The number of anilines is 1. The standard InChI is InChI=1S/C25H27N3O3S/c1-25(2,23(29)30)12-11-22-26-15-21(32-22)16-7-9-19(10-8-16)27-24(31)28-20-13-17-5-3-4-6-18(17)14-20/h3-10,15,20H,11-14H2,1-2H3,(H,29,30)(H2,27,28,31). The van der Waals surface area contributed by atoms with Crippen molar-refractivity contribution >= 4 is 29.0 Å². The fourth-order valence-electron chi connectivity index (χ4n) is 3.82. The van der Waals surface area contributed by atoms with Crippen molar-refractivity contribution in [3.05, 3.63) is 70.9 Å². The lowest BCUT2D eigenvalue weighted by Crippen LogP contribution is -2.38. The van der Waals surface area contributed by atoms with Gasteiger partial charge in [0, 0.05) is 24.3 Å². The van der Waals surface area contributed by atoms with Gasteiger partial charge in [-0.25, -0.2) is 9.78 Å². The zero-order valence-electron chi connectivity index (χ0n) is 18.2. The second-order valence-corrected chi connectivity index (χ2v) is 9.97. The van der Waals surface area contributed by atoms with E-state index in [0.29, 0.717) is 12.8 Å². The number of hydrogen-bond acceptors (Lipinski definition) is 4. The van der Waals surface area contributed by atoms with E-state index in [-0.39, 0.29) is 12.1 Å². The van der Waals surface area contributed by atoms with Crippen LogP contribution in [0.1, 0.15) is 36.4 Å². The van der Waals surface area contributed by atoms with Crippen LogP contribution in [0, 0.1) is 5.41 Å². The highest BCUT2D eigenvalue weighted by molar-refractivity contribution is 7.15. The quantitative estimate of drug-likeness (QED) is 0.466. The van der Waals surface area contributed by atoms with Gasteiger partial charge >= 0.3 is 12.0 Å². The molecule has 0 spiro atoms. The number of carboxylic acid groups (broad SMARTS) is 1. The second-order valence-electron chi connectivity index (χ2n) is 8.86. The fraction of sp³-hybridized carbons (Fsp3) is 0.320. The number of carbonyl (C=O) groups excluding carboxylic acids is 1. The van der Waals surface area contributed by atoms with Crippen LogP contribution in [0.4, 0.5) is 10.5 Å². The molecule has 166 valence electrons. The van der Waals surface area contributed by atoms with Gasteiger partial charge in [0.15, 0.2) is 0 Å². The molecule has 3 N–H and O–H groups in total. The van der Waals surface area contributed by atoms with Crippen LogP contribution in [0.15, 0.2) is 54.7 Å². The summed E-state index contributed by atoms with van der Waals surface area (Å²) in [5, 5.41) is 16.2. The number of aryl methyl sites for hydroxylation is 1. The molecule has 0 aliphatic heterocycles. The average Bonchev–Trinajstić information content (AvgIpc) is 3.39. The van der Waals surface area contributed by atoms with Crippen LogP contribution in [0.25, 0.3) is 10.4 Å². The third kappa shape index (κ3) is 5.16. The molecule has 0 saturated carbocycles. The molecular weight excluding hydrogens is 422 g/mol. The van der Waals surface area contributed by atoms with Gasteiger partial charge in [-0.1, -0.05) is 36.4 Å². The van der Waals surface area contributed by atoms with Crippen molar-refractivity contribution in [2.24, 2.45) is 5.41 Å². The lowest BCUT2D eigenvalue weighted by molar-refractivity contribution is -0.147. The smallest absolute Gasteiger partial charge is 0.319 e. The van der Waals surface area contributed by atoms with Crippen LogP contribution in [-0.2, 0) is 24.1 Å². The number of carbonyl (C=O) groups is 2.